The van der Waals surface area contributed by atoms with Crippen molar-refractivity contribution in [3.63, 3.8) is 0 Å². The van der Waals surface area contributed by atoms with E-state index >= 15 is 0 Å². The van der Waals surface area contributed by atoms with Crippen LogP contribution in [0.2, 0.25) is 0 Å². The summed E-state index contributed by atoms with van der Waals surface area (Å²) in [5.74, 6) is -0.889. The number of hydrogen-bond donors (Lipinski definition) is 2. The van der Waals surface area contributed by atoms with Gasteiger partial charge in [-0.3, -0.25) is 0 Å². The summed E-state index contributed by atoms with van der Waals surface area (Å²) in [6.07, 6.45) is 9.45. The molecule has 0 saturated carbocycles. The van der Waals surface area contributed by atoms with Crippen LogP contribution >= 0.6 is 0 Å². The van der Waals surface area contributed by atoms with Gasteiger partial charge in [-0.25, -0.2) is 9.59 Å². The molecule has 2 N–H and O–H groups in total. The third-order valence-electron chi connectivity index (χ3n) is 3.86. The first-order chi connectivity index (χ1) is 9.66. The molecule has 20 heavy (non-hydrogen) atoms. The summed E-state index contributed by atoms with van der Waals surface area (Å²) in [6.45, 7) is 3.39. The maximum absolute atomic E-state index is 12.0. The Bertz CT molecular complexity index is 307. The van der Waals surface area contributed by atoms with Gasteiger partial charge in [-0.1, -0.05) is 39.0 Å². The normalized spacial score (nSPS) is 18.9. The lowest BCUT2D eigenvalue weighted by Crippen LogP contribution is -2.52. The summed E-state index contributed by atoms with van der Waals surface area (Å²) in [5.41, 5.74) is 0. The zero-order chi connectivity index (χ0) is 14.8. The van der Waals surface area contributed by atoms with Crippen molar-refractivity contribution in [2.24, 2.45) is 0 Å². The fraction of sp³-hybridized carbons (Fsp3) is 0.867. The molecule has 1 saturated heterocycles. The molecular formula is C15H28N2O3. The zero-order valence-electron chi connectivity index (χ0n) is 12.6. The van der Waals surface area contributed by atoms with Gasteiger partial charge in [-0.2, -0.15) is 0 Å². The van der Waals surface area contributed by atoms with Gasteiger partial charge in [0.25, 0.3) is 0 Å². The van der Waals surface area contributed by atoms with Crippen LogP contribution in [-0.2, 0) is 4.79 Å². The molecule has 1 heterocycles. The first kappa shape index (κ1) is 16.8. The summed E-state index contributed by atoms with van der Waals surface area (Å²) in [6, 6.07) is -0.862. The van der Waals surface area contributed by atoms with E-state index in [1.165, 1.54) is 30.6 Å². The van der Waals surface area contributed by atoms with Crippen LogP contribution in [0, 0.1) is 0 Å². The summed E-state index contributed by atoms with van der Waals surface area (Å²) >= 11 is 0. The monoisotopic (exact) mass is 284 g/mol. The smallest absolute Gasteiger partial charge is 0.326 e. The van der Waals surface area contributed by atoms with Crippen LogP contribution in [0.4, 0.5) is 4.79 Å². The predicted molar refractivity (Wildman–Crippen MR) is 78.8 cm³/mol. The number of carboxylic acids is 1. The molecule has 1 aliphatic heterocycles. The molecule has 1 unspecified atom stereocenters. The second kappa shape index (κ2) is 9.61. The molecule has 0 bridgehead atoms. The van der Waals surface area contributed by atoms with Crippen molar-refractivity contribution in [3.05, 3.63) is 0 Å². The molecule has 1 aliphatic rings. The van der Waals surface area contributed by atoms with E-state index in [0.717, 1.165) is 25.7 Å². The second-order valence-corrected chi connectivity index (χ2v) is 5.54. The number of nitrogens with one attached hydrogen (secondary N) is 1. The molecule has 5 nitrogen and oxygen atoms in total. The van der Waals surface area contributed by atoms with E-state index < -0.39 is 12.0 Å². The molecule has 1 fully saturated rings. The van der Waals surface area contributed by atoms with Gasteiger partial charge in [0.15, 0.2) is 0 Å². The van der Waals surface area contributed by atoms with Crippen molar-refractivity contribution in [3.8, 4) is 0 Å². The van der Waals surface area contributed by atoms with Gasteiger partial charge in [0, 0.05) is 13.1 Å². The minimum absolute atomic E-state index is 0.217. The van der Waals surface area contributed by atoms with Gasteiger partial charge >= 0.3 is 12.0 Å². The fourth-order valence-corrected chi connectivity index (χ4v) is 2.63. The number of carbonyl (C=O) groups excluding carboxylic acids is 1. The average Bonchev–Trinajstić information content (AvgIpc) is 2.46. The van der Waals surface area contributed by atoms with Gasteiger partial charge in [-0.05, 0) is 25.7 Å². The van der Waals surface area contributed by atoms with E-state index in [9.17, 15) is 9.59 Å². The minimum Gasteiger partial charge on any atom is -0.480 e. The zero-order valence-corrected chi connectivity index (χ0v) is 12.6. The van der Waals surface area contributed by atoms with Crippen molar-refractivity contribution in [2.45, 2.75) is 70.8 Å². The van der Waals surface area contributed by atoms with E-state index in [4.69, 9.17) is 5.11 Å². The number of piperidine rings is 1. The summed E-state index contributed by atoms with van der Waals surface area (Å²) in [7, 11) is 0. The Hall–Kier alpha value is -1.26. The molecule has 0 aromatic carbocycles. The number of likely N-dealkylation sites (tertiary alicyclic amines) is 1. The van der Waals surface area contributed by atoms with Crippen LogP contribution in [0.5, 0.6) is 0 Å². The summed E-state index contributed by atoms with van der Waals surface area (Å²) in [4.78, 5) is 24.6. The summed E-state index contributed by atoms with van der Waals surface area (Å²) < 4.78 is 0. The van der Waals surface area contributed by atoms with Gasteiger partial charge in [0.1, 0.15) is 6.04 Å². The highest BCUT2D eigenvalue weighted by Crippen LogP contribution is 2.17. The highest BCUT2D eigenvalue weighted by atomic mass is 16.4. The van der Waals surface area contributed by atoms with E-state index in [-0.39, 0.29) is 6.03 Å². The van der Waals surface area contributed by atoms with Crippen LogP contribution in [-0.4, -0.2) is 41.1 Å². The van der Waals surface area contributed by atoms with Crippen LogP contribution in [0.15, 0.2) is 0 Å². The van der Waals surface area contributed by atoms with Crippen LogP contribution in [0.3, 0.4) is 0 Å². The minimum atomic E-state index is -0.889. The van der Waals surface area contributed by atoms with Crippen LogP contribution in [0.1, 0.15) is 64.7 Å². The Labute approximate surface area is 121 Å². The fourth-order valence-electron chi connectivity index (χ4n) is 2.63. The number of urea groups is 1. The molecule has 5 heteroatoms. The molecule has 0 spiro atoms. The van der Waals surface area contributed by atoms with Crippen molar-refractivity contribution < 1.29 is 14.7 Å². The Morgan fingerprint density at radius 3 is 2.55 bits per heavy atom. The Balaban J connectivity index is 2.19. The Morgan fingerprint density at radius 1 is 1.15 bits per heavy atom. The van der Waals surface area contributed by atoms with Crippen molar-refractivity contribution in [2.75, 3.05) is 13.1 Å². The third kappa shape index (κ3) is 5.80. The lowest BCUT2D eigenvalue weighted by atomic mass is 10.0. The van der Waals surface area contributed by atoms with E-state index in [1.807, 2.05) is 0 Å². The molecule has 1 rings (SSSR count). The van der Waals surface area contributed by atoms with Gasteiger partial charge < -0.3 is 15.3 Å². The number of aliphatic carboxylic acids is 1. The van der Waals surface area contributed by atoms with Gasteiger partial charge in [0.05, 0.1) is 0 Å². The van der Waals surface area contributed by atoms with Gasteiger partial charge in [-0.15, -0.1) is 0 Å². The van der Waals surface area contributed by atoms with Gasteiger partial charge in [0.2, 0.25) is 0 Å². The number of rotatable bonds is 8. The van der Waals surface area contributed by atoms with E-state index in [1.54, 1.807) is 0 Å². The SMILES string of the molecule is CCCCCCCCNC(=O)N1CCCCC1C(=O)O. The third-order valence-corrected chi connectivity index (χ3v) is 3.86. The molecule has 0 aromatic rings. The Morgan fingerprint density at radius 2 is 1.85 bits per heavy atom. The second-order valence-electron chi connectivity index (χ2n) is 5.54. The maximum atomic E-state index is 12.0. The van der Waals surface area contributed by atoms with Crippen LogP contribution in [0.25, 0.3) is 0 Å². The topological polar surface area (TPSA) is 69.6 Å². The number of carboxylic acid groups (broad SMARTS) is 1. The molecule has 0 radical (unpaired) electrons. The van der Waals surface area contributed by atoms with E-state index in [2.05, 4.69) is 12.2 Å². The molecule has 2 amide bonds. The highest BCUT2D eigenvalue weighted by Gasteiger charge is 2.31. The maximum Gasteiger partial charge on any atom is 0.326 e. The number of unbranched alkanes of at least 4 members (excludes halogenated alkanes) is 5. The molecule has 0 aromatic heterocycles. The number of nitrogens with zero attached hydrogens (tertiary/aromatic N) is 1. The number of carbonyl (C=O) groups is 2. The predicted octanol–water partition coefficient (Wildman–Crippen LogP) is 3.00. The first-order valence-electron chi connectivity index (χ1n) is 7.94. The molecule has 116 valence electrons. The number of hydrogen-bond acceptors (Lipinski definition) is 2. The summed E-state index contributed by atoms with van der Waals surface area (Å²) in [5, 5.41) is 12.0. The molecular weight excluding hydrogens is 256 g/mol. The quantitative estimate of drug-likeness (QED) is 0.673. The van der Waals surface area contributed by atoms with Crippen molar-refractivity contribution in [1.82, 2.24) is 10.2 Å². The lowest BCUT2D eigenvalue weighted by molar-refractivity contribution is -0.143. The Kier molecular flexibility index (Phi) is 8.07. The largest absolute Gasteiger partial charge is 0.480 e. The average molecular weight is 284 g/mol. The number of amides is 2. The lowest BCUT2D eigenvalue weighted by Gasteiger charge is -2.32. The highest BCUT2D eigenvalue weighted by molar-refractivity contribution is 5.82. The first-order valence-corrected chi connectivity index (χ1v) is 7.94. The molecule has 0 aliphatic carbocycles. The van der Waals surface area contributed by atoms with E-state index in [0.29, 0.717) is 19.5 Å². The molecule has 1 atom stereocenters. The van der Waals surface area contributed by atoms with Crippen LogP contribution < -0.4 is 5.32 Å². The standard InChI is InChI=1S/C15H28N2O3/c1-2-3-4-5-6-8-11-16-15(20)17-12-9-7-10-13(17)14(18)19/h13H,2-12H2,1H3,(H,16,20)(H,18,19). The van der Waals surface area contributed by atoms with Crippen molar-refractivity contribution >= 4 is 12.0 Å². The van der Waals surface area contributed by atoms with Crippen molar-refractivity contribution in [1.29, 1.82) is 0 Å².